The second-order valence-corrected chi connectivity index (χ2v) is 13.1. The molecule has 5 N–H and O–H groups in total. The topological polar surface area (TPSA) is 160 Å². The van der Waals surface area contributed by atoms with E-state index in [0.717, 1.165) is 22.5 Å². The van der Waals surface area contributed by atoms with E-state index in [-0.39, 0.29) is 27.8 Å². The van der Waals surface area contributed by atoms with Crippen LogP contribution in [0.4, 0.5) is 11.4 Å². The maximum Gasteiger partial charge on any atom is 0.356 e. The van der Waals surface area contributed by atoms with Crippen molar-refractivity contribution in [2.45, 2.75) is 0 Å². The Morgan fingerprint density at radius 1 is 0.750 bits per heavy atom. The molecular formula is C35H37N6O6P. The molecule has 0 aliphatic rings. The molecule has 0 bridgehead atoms. The standard InChI is InChI=1S/C35H37N6O6P/c1-36-34(43)23-19-28(32(42)29(20-23)35(44)37-2)33-38-30(21-7-11-24(12-8-21)39(3)4)31(22-9-13-25(14-10-22)40(5)6)41(33)26-15-17-27(18-16-26)48(45,46)47/h7-20,42H,1-6H3,(H,36,43)(H,37,44)(H2,45,46,47). The van der Waals surface area contributed by atoms with Crippen LogP contribution in [0.15, 0.2) is 84.9 Å². The van der Waals surface area contributed by atoms with Gasteiger partial charge in [-0.25, -0.2) is 4.98 Å². The van der Waals surface area contributed by atoms with Crippen molar-refractivity contribution in [3.05, 3.63) is 96.1 Å². The molecule has 0 radical (unpaired) electrons. The molecule has 0 atom stereocenters. The summed E-state index contributed by atoms with van der Waals surface area (Å²) in [5.41, 5.74) is 5.08. The van der Waals surface area contributed by atoms with Crippen molar-refractivity contribution in [3.8, 4) is 45.3 Å². The Bertz CT molecular complexity index is 2030. The number of carbonyl (C=O) groups is 2. The number of phenolic OH excluding ortho intramolecular Hbond substituents is 1. The highest BCUT2D eigenvalue weighted by molar-refractivity contribution is 7.60. The van der Waals surface area contributed by atoms with Crippen molar-refractivity contribution in [3.63, 3.8) is 0 Å². The van der Waals surface area contributed by atoms with Gasteiger partial charge in [0.15, 0.2) is 0 Å². The van der Waals surface area contributed by atoms with Crippen molar-refractivity contribution >= 4 is 36.1 Å². The SMILES string of the molecule is CNC(=O)c1cc(C(=O)NC)c(O)c(-c2nc(-c3ccc(N(C)C)cc3)c(-c3ccc(N(C)C)cc3)n2-c2ccc(P(=O)(O)O)cc2)c1. The quantitative estimate of drug-likeness (QED) is 0.145. The van der Waals surface area contributed by atoms with Gasteiger partial charge in [-0.1, -0.05) is 24.3 Å². The van der Waals surface area contributed by atoms with Gasteiger partial charge in [0.1, 0.15) is 11.6 Å². The zero-order valence-corrected chi connectivity index (χ0v) is 28.3. The maximum atomic E-state index is 12.9. The van der Waals surface area contributed by atoms with Gasteiger partial charge in [-0.2, -0.15) is 0 Å². The first-order valence-corrected chi connectivity index (χ1v) is 16.5. The summed E-state index contributed by atoms with van der Waals surface area (Å²) in [4.78, 5) is 54.5. The van der Waals surface area contributed by atoms with E-state index in [1.165, 1.54) is 38.4 Å². The highest BCUT2D eigenvalue weighted by Gasteiger charge is 2.28. The van der Waals surface area contributed by atoms with Crippen molar-refractivity contribution in [2.24, 2.45) is 0 Å². The molecule has 1 aromatic heterocycles. The number of nitrogens with one attached hydrogen (secondary N) is 2. The van der Waals surface area contributed by atoms with Gasteiger partial charge in [0, 0.05) is 76.0 Å². The van der Waals surface area contributed by atoms with Crippen molar-refractivity contribution in [1.82, 2.24) is 20.2 Å². The van der Waals surface area contributed by atoms with Crippen molar-refractivity contribution < 1.29 is 29.0 Å². The normalized spacial score (nSPS) is 11.2. The largest absolute Gasteiger partial charge is 0.506 e. The molecule has 0 spiro atoms. The van der Waals surface area contributed by atoms with Crippen molar-refractivity contribution in [2.75, 3.05) is 52.1 Å². The molecule has 2 amide bonds. The number of anilines is 2. The first-order chi connectivity index (χ1) is 22.7. The third kappa shape index (κ3) is 6.54. The number of aromatic nitrogens is 2. The van der Waals surface area contributed by atoms with Crippen molar-refractivity contribution in [1.29, 1.82) is 0 Å². The average Bonchev–Trinajstić information content (AvgIpc) is 3.47. The van der Waals surface area contributed by atoms with Gasteiger partial charge < -0.3 is 35.3 Å². The number of carbonyl (C=O) groups excluding carboxylic acids is 2. The summed E-state index contributed by atoms with van der Waals surface area (Å²) in [7, 11) is 6.07. The fourth-order valence-electron chi connectivity index (χ4n) is 5.34. The van der Waals surface area contributed by atoms with Crippen LogP contribution in [-0.2, 0) is 4.57 Å². The zero-order valence-electron chi connectivity index (χ0n) is 27.4. The molecule has 0 aliphatic heterocycles. The fraction of sp³-hybridized carbons (Fsp3) is 0.171. The molecular weight excluding hydrogens is 631 g/mol. The molecule has 248 valence electrons. The third-order valence-corrected chi connectivity index (χ3v) is 8.92. The van der Waals surface area contributed by atoms with Gasteiger partial charge in [-0.15, -0.1) is 0 Å². The molecule has 13 heteroatoms. The zero-order chi connectivity index (χ0) is 34.9. The van der Waals surface area contributed by atoms with Gasteiger partial charge in [-0.3, -0.25) is 18.7 Å². The van der Waals surface area contributed by atoms with Crippen LogP contribution in [0.3, 0.4) is 0 Å². The molecule has 4 aromatic carbocycles. The molecule has 0 saturated heterocycles. The van der Waals surface area contributed by atoms with Gasteiger partial charge in [0.25, 0.3) is 11.8 Å². The van der Waals surface area contributed by atoms with Crippen LogP contribution in [0.5, 0.6) is 5.75 Å². The minimum absolute atomic E-state index is 0.0936. The van der Waals surface area contributed by atoms with Crippen LogP contribution in [0, 0.1) is 0 Å². The summed E-state index contributed by atoms with van der Waals surface area (Å²) in [6.07, 6.45) is 0. The lowest BCUT2D eigenvalue weighted by Crippen LogP contribution is -2.22. The number of rotatable bonds is 9. The van der Waals surface area contributed by atoms with Crippen LogP contribution < -0.4 is 25.7 Å². The molecule has 5 aromatic rings. The molecule has 0 fully saturated rings. The minimum atomic E-state index is -4.55. The Morgan fingerprint density at radius 2 is 1.27 bits per heavy atom. The van der Waals surface area contributed by atoms with E-state index in [2.05, 4.69) is 10.6 Å². The molecule has 48 heavy (non-hydrogen) atoms. The van der Waals surface area contributed by atoms with Crippen LogP contribution >= 0.6 is 7.60 Å². The first kappa shape index (κ1) is 33.9. The Morgan fingerprint density at radius 3 is 1.75 bits per heavy atom. The molecule has 0 saturated carbocycles. The summed E-state index contributed by atoms with van der Waals surface area (Å²) in [6, 6.07) is 24.1. The summed E-state index contributed by atoms with van der Waals surface area (Å²) in [6.45, 7) is 0. The second kappa shape index (κ2) is 13.4. The number of hydrogen-bond acceptors (Lipinski definition) is 7. The van der Waals surface area contributed by atoms with Gasteiger partial charge in [-0.05, 0) is 60.7 Å². The number of aromatic hydroxyl groups is 1. The predicted molar refractivity (Wildman–Crippen MR) is 189 cm³/mol. The lowest BCUT2D eigenvalue weighted by Gasteiger charge is -2.18. The van der Waals surface area contributed by atoms with Crippen LogP contribution in [0.2, 0.25) is 0 Å². The van der Waals surface area contributed by atoms with E-state index in [1.807, 2.05) is 86.5 Å². The van der Waals surface area contributed by atoms with Gasteiger partial charge >= 0.3 is 7.60 Å². The number of imidazole rings is 1. The lowest BCUT2D eigenvalue weighted by atomic mass is 10.0. The summed E-state index contributed by atoms with van der Waals surface area (Å²) in [5.74, 6) is -1.30. The summed E-state index contributed by atoms with van der Waals surface area (Å²) >= 11 is 0. The Hall–Kier alpha value is -5.42. The molecule has 0 aliphatic carbocycles. The number of nitrogens with zero attached hydrogens (tertiary/aromatic N) is 4. The van der Waals surface area contributed by atoms with Crippen LogP contribution in [-0.4, -0.2) is 78.5 Å². The first-order valence-electron chi connectivity index (χ1n) is 14.9. The predicted octanol–water partition coefficient (Wildman–Crippen LogP) is 4.23. The minimum Gasteiger partial charge on any atom is -0.506 e. The highest BCUT2D eigenvalue weighted by atomic mass is 31.2. The highest BCUT2D eigenvalue weighted by Crippen LogP contribution is 2.43. The summed E-state index contributed by atoms with van der Waals surface area (Å²) < 4.78 is 13.8. The van der Waals surface area contributed by atoms with E-state index in [4.69, 9.17) is 4.98 Å². The number of benzene rings is 4. The Balaban J connectivity index is 1.93. The van der Waals surface area contributed by atoms with Crippen LogP contribution in [0.1, 0.15) is 20.7 Å². The van der Waals surface area contributed by atoms with E-state index in [9.17, 15) is 29.0 Å². The molecule has 5 rings (SSSR count). The monoisotopic (exact) mass is 668 g/mol. The van der Waals surface area contributed by atoms with Gasteiger partial charge in [0.05, 0.1) is 27.8 Å². The molecule has 1 heterocycles. The van der Waals surface area contributed by atoms with E-state index in [1.54, 1.807) is 16.7 Å². The van der Waals surface area contributed by atoms with E-state index in [0.29, 0.717) is 17.1 Å². The number of amides is 2. The summed E-state index contributed by atoms with van der Waals surface area (Å²) in [5, 5.41) is 16.5. The smallest absolute Gasteiger partial charge is 0.356 e. The number of phenols is 1. The Kier molecular flexibility index (Phi) is 9.45. The van der Waals surface area contributed by atoms with Crippen LogP contribution in [0.25, 0.3) is 39.6 Å². The van der Waals surface area contributed by atoms with E-state index < -0.39 is 25.2 Å². The fourth-order valence-corrected chi connectivity index (χ4v) is 5.88. The Labute approximate surface area is 278 Å². The average molecular weight is 669 g/mol. The maximum absolute atomic E-state index is 12.9. The third-order valence-electron chi connectivity index (χ3n) is 7.95. The number of hydrogen-bond donors (Lipinski definition) is 5. The van der Waals surface area contributed by atoms with Gasteiger partial charge in [0.2, 0.25) is 0 Å². The van der Waals surface area contributed by atoms with E-state index >= 15 is 0 Å². The molecule has 12 nitrogen and oxygen atoms in total. The molecule has 0 unspecified atom stereocenters. The lowest BCUT2D eigenvalue weighted by molar-refractivity contribution is 0.0960. The second-order valence-electron chi connectivity index (χ2n) is 11.5.